The summed E-state index contributed by atoms with van der Waals surface area (Å²) in [6.07, 6.45) is 1.58. The van der Waals surface area contributed by atoms with Gasteiger partial charge in [-0.15, -0.1) is 11.6 Å². The Labute approximate surface area is 142 Å². The van der Waals surface area contributed by atoms with Crippen LogP contribution >= 0.6 is 23.2 Å². The Kier molecular flexibility index (Phi) is 5.90. The van der Waals surface area contributed by atoms with Gasteiger partial charge in [-0.05, 0) is 41.5 Å². The summed E-state index contributed by atoms with van der Waals surface area (Å²) in [5, 5.41) is 2.74. The number of halogens is 3. The van der Waals surface area contributed by atoms with Gasteiger partial charge >= 0.3 is 0 Å². The van der Waals surface area contributed by atoms with Crippen molar-refractivity contribution in [2.45, 2.75) is 0 Å². The molecular weight excluding hydrogens is 340 g/mol. The highest BCUT2D eigenvalue weighted by Gasteiger charge is 2.15. The maximum Gasteiger partial charge on any atom is 0.258 e. The van der Waals surface area contributed by atoms with Crippen molar-refractivity contribution in [3.63, 3.8) is 0 Å². The van der Waals surface area contributed by atoms with E-state index in [1.807, 2.05) is 0 Å². The number of alkyl halides is 1. The van der Waals surface area contributed by atoms with E-state index >= 15 is 0 Å². The van der Waals surface area contributed by atoms with Gasteiger partial charge in [-0.1, -0.05) is 35.9 Å². The van der Waals surface area contributed by atoms with Crippen LogP contribution in [0.4, 0.5) is 4.39 Å². The average molecular weight is 352 g/mol. The molecule has 2 rings (SSSR count). The van der Waals surface area contributed by atoms with Crippen molar-refractivity contribution < 1.29 is 14.0 Å². The predicted octanol–water partition coefficient (Wildman–Crippen LogP) is 3.90. The van der Waals surface area contributed by atoms with Crippen molar-refractivity contribution in [3.05, 3.63) is 70.5 Å². The number of benzene rings is 2. The van der Waals surface area contributed by atoms with E-state index in [2.05, 4.69) is 5.32 Å². The number of imide groups is 1. The maximum atomic E-state index is 13.1. The fourth-order valence-corrected chi connectivity index (χ4v) is 2.06. The van der Waals surface area contributed by atoms with Crippen molar-refractivity contribution in [2.75, 3.05) is 5.88 Å². The molecule has 23 heavy (non-hydrogen) atoms. The van der Waals surface area contributed by atoms with E-state index in [9.17, 15) is 14.0 Å². The fraction of sp³-hybridized carbons (Fsp3) is 0.0588. The van der Waals surface area contributed by atoms with Crippen LogP contribution in [-0.4, -0.2) is 17.7 Å². The molecule has 3 nitrogen and oxygen atoms in total. The topological polar surface area (TPSA) is 46.2 Å². The predicted molar refractivity (Wildman–Crippen MR) is 89.6 cm³/mol. The molecule has 0 aliphatic carbocycles. The monoisotopic (exact) mass is 351 g/mol. The molecule has 0 aromatic heterocycles. The second-order valence-corrected chi connectivity index (χ2v) is 5.33. The summed E-state index contributed by atoms with van der Waals surface area (Å²) in [6, 6.07) is 12.2. The minimum atomic E-state index is -0.614. The first-order valence-corrected chi connectivity index (χ1v) is 7.54. The molecule has 0 bridgehead atoms. The lowest BCUT2D eigenvalue weighted by Gasteiger charge is -2.08. The van der Waals surface area contributed by atoms with Gasteiger partial charge in [0.1, 0.15) is 11.7 Å². The first kappa shape index (κ1) is 17.2. The Balaban J connectivity index is 2.41. The van der Waals surface area contributed by atoms with E-state index in [1.54, 1.807) is 30.3 Å². The lowest BCUT2D eigenvalue weighted by Crippen LogP contribution is -2.31. The molecule has 2 amide bonds. The number of hydrogen-bond acceptors (Lipinski definition) is 2. The van der Waals surface area contributed by atoms with Gasteiger partial charge in [0, 0.05) is 10.6 Å². The van der Waals surface area contributed by atoms with Gasteiger partial charge in [-0.25, -0.2) is 4.39 Å². The lowest BCUT2D eigenvalue weighted by molar-refractivity contribution is -0.125. The zero-order chi connectivity index (χ0) is 16.8. The number of amides is 2. The molecular formula is C17H12Cl2FNO2. The van der Waals surface area contributed by atoms with Gasteiger partial charge in [-0.3, -0.25) is 14.9 Å². The van der Waals surface area contributed by atoms with E-state index in [0.29, 0.717) is 16.1 Å². The second-order valence-electron chi connectivity index (χ2n) is 4.63. The summed E-state index contributed by atoms with van der Waals surface area (Å²) in [6.45, 7) is 0. The van der Waals surface area contributed by atoms with Crippen LogP contribution in [0.2, 0.25) is 5.02 Å². The summed E-state index contributed by atoms with van der Waals surface area (Å²) >= 11 is 11.2. The Morgan fingerprint density at radius 3 is 2.22 bits per heavy atom. The number of hydrogen-bond donors (Lipinski definition) is 1. The summed E-state index contributed by atoms with van der Waals surface area (Å²) < 4.78 is 13.1. The minimum absolute atomic E-state index is 0.214. The van der Waals surface area contributed by atoms with E-state index in [1.165, 1.54) is 24.3 Å². The zero-order valence-corrected chi connectivity index (χ0v) is 13.4. The van der Waals surface area contributed by atoms with Gasteiger partial charge in [0.05, 0.1) is 0 Å². The summed E-state index contributed by atoms with van der Waals surface area (Å²) in [5.74, 6) is -1.97. The Morgan fingerprint density at radius 2 is 1.65 bits per heavy atom. The standard InChI is InChI=1S/C17H12Cl2FNO2/c18-10-16(22)21-17(23)15(12-3-7-14(20)8-4-12)9-11-1-5-13(19)6-2-11/h1-9H,10H2,(H,21,22,23)/b15-9+. The van der Waals surface area contributed by atoms with E-state index in [0.717, 1.165) is 0 Å². The van der Waals surface area contributed by atoms with Gasteiger partial charge in [0.2, 0.25) is 5.91 Å². The van der Waals surface area contributed by atoms with Crippen molar-refractivity contribution >= 4 is 46.7 Å². The molecule has 0 aliphatic rings. The van der Waals surface area contributed by atoms with Gasteiger partial charge in [-0.2, -0.15) is 0 Å². The van der Waals surface area contributed by atoms with E-state index < -0.39 is 17.6 Å². The molecule has 0 atom stereocenters. The Hall–Kier alpha value is -2.17. The van der Waals surface area contributed by atoms with E-state index in [-0.39, 0.29) is 11.5 Å². The normalized spacial score (nSPS) is 11.2. The van der Waals surface area contributed by atoms with E-state index in [4.69, 9.17) is 23.2 Å². The molecule has 0 unspecified atom stereocenters. The Morgan fingerprint density at radius 1 is 1.04 bits per heavy atom. The van der Waals surface area contributed by atoms with Crippen molar-refractivity contribution in [2.24, 2.45) is 0 Å². The van der Waals surface area contributed by atoms with Crippen LogP contribution in [0.5, 0.6) is 0 Å². The van der Waals surface area contributed by atoms with Gasteiger partial charge in [0.15, 0.2) is 0 Å². The zero-order valence-electron chi connectivity index (χ0n) is 11.9. The molecule has 0 spiro atoms. The smallest absolute Gasteiger partial charge is 0.258 e. The lowest BCUT2D eigenvalue weighted by atomic mass is 10.0. The molecule has 0 heterocycles. The Bertz CT molecular complexity index is 740. The van der Waals surface area contributed by atoms with Gasteiger partial charge < -0.3 is 0 Å². The van der Waals surface area contributed by atoms with Crippen LogP contribution in [0, 0.1) is 5.82 Å². The fourth-order valence-electron chi connectivity index (χ4n) is 1.86. The number of rotatable bonds is 4. The highest BCUT2D eigenvalue weighted by atomic mass is 35.5. The van der Waals surface area contributed by atoms with Crippen molar-refractivity contribution in [3.8, 4) is 0 Å². The van der Waals surface area contributed by atoms with Crippen molar-refractivity contribution in [1.29, 1.82) is 0 Å². The van der Waals surface area contributed by atoms with Crippen LogP contribution < -0.4 is 5.32 Å². The van der Waals surface area contributed by atoms with Crippen LogP contribution in [0.15, 0.2) is 48.5 Å². The summed E-state index contributed by atoms with van der Waals surface area (Å²) in [4.78, 5) is 23.6. The number of nitrogens with one attached hydrogen (secondary N) is 1. The molecule has 6 heteroatoms. The van der Waals surface area contributed by atoms with Crippen LogP contribution in [0.3, 0.4) is 0 Å². The molecule has 0 aliphatic heterocycles. The molecule has 1 N–H and O–H groups in total. The molecule has 0 saturated carbocycles. The molecule has 0 fully saturated rings. The third-order valence-corrected chi connectivity index (χ3v) is 3.45. The SMILES string of the molecule is O=C(CCl)NC(=O)/C(=C/c1ccc(Cl)cc1)c1ccc(F)cc1. The van der Waals surface area contributed by atoms with Crippen LogP contribution in [-0.2, 0) is 9.59 Å². The summed E-state index contributed by atoms with van der Waals surface area (Å²) in [5.41, 5.74) is 1.40. The molecule has 0 radical (unpaired) electrons. The number of carbonyl (C=O) groups excluding carboxylic acids is 2. The quantitative estimate of drug-likeness (QED) is 0.515. The summed E-state index contributed by atoms with van der Waals surface area (Å²) in [7, 11) is 0. The number of carbonyl (C=O) groups is 2. The first-order valence-electron chi connectivity index (χ1n) is 6.63. The highest BCUT2D eigenvalue weighted by Crippen LogP contribution is 2.20. The van der Waals surface area contributed by atoms with Crippen LogP contribution in [0.1, 0.15) is 11.1 Å². The first-order chi connectivity index (χ1) is 11.0. The molecule has 2 aromatic rings. The minimum Gasteiger partial charge on any atom is -0.291 e. The molecule has 2 aromatic carbocycles. The second kappa shape index (κ2) is 7.90. The van der Waals surface area contributed by atoms with Crippen LogP contribution in [0.25, 0.3) is 11.6 Å². The largest absolute Gasteiger partial charge is 0.291 e. The maximum absolute atomic E-state index is 13.1. The third kappa shape index (κ3) is 4.91. The van der Waals surface area contributed by atoms with Gasteiger partial charge in [0.25, 0.3) is 5.91 Å². The third-order valence-electron chi connectivity index (χ3n) is 2.96. The molecule has 0 saturated heterocycles. The van der Waals surface area contributed by atoms with Crippen molar-refractivity contribution in [1.82, 2.24) is 5.32 Å². The molecule has 118 valence electrons. The highest BCUT2D eigenvalue weighted by molar-refractivity contribution is 6.33. The average Bonchev–Trinajstić information content (AvgIpc) is 2.55.